The Bertz CT molecular complexity index is 1090. The van der Waals surface area contributed by atoms with E-state index in [9.17, 15) is 9.59 Å². The van der Waals surface area contributed by atoms with Crippen LogP contribution in [0.1, 0.15) is 47.3 Å². The van der Waals surface area contributed by atoms with Crippen molar-refractivity contribution in [2.24, 2.45) is 0 Å². The molecule has 1 aromatic heterocycles. The molecular formula is C26H29NO4S. The second-order valence-electron chi connectivity index (χ2n) is 7.50. The summed E-state index contributed by atoms with van der Waals surface area (Å²) in [7, 11) is 0. The van der Waals surface area contributed by atoms with E-state index in [0.717, 1.165) is 28.0 Å². The average Bonchev–Trinajstić information content (AvgIpc) is 3.19. The molecule has 32 heavy (non-hydrogen) atoms. The van der Waals surface area contributed by atoms with Crippen LogP contribution in [0.15, 0.2) is 47.8 Å². The standard InChI is InChI=1S/C26H29NO4S/c1-5-30-21-12-8-19(9-13-21)10-14-23(28)27-25-24(26(29)31-6-2)22(16-32-25)20-11-7-17(3)18(4)15-20/h7-9,11-13,15-16H,5-6,10,14H2,1-4H3,(H,27,28). The maximum absolute atomic E-state index is 12.7. The number of esters is 1. The molecule has 3 rings (SSSR count). The van der Waals surface area contributed by atoms with E-state index in [1.807, 2.05) is 55.6 Å². The normalized spacial score (nSPS) is 10.6. The van der Waals surface area contributed by atoms with Gasteiger partial charge < -0.3 is 14.8 Å². The zero-order valence-electron chi connectivity index (χ0n) is 19.0. The van der Waals surface area contributed by atoms with Crippen molar-refractivity contribution in [2.45, 2.75) is 40.5 Å². The highest BCUT2D eigenvalue weighted by Gasteiger charge is 2.23. The molecule has 3 aromatic rings. The van der Waals surface area contributed by atoms with Crippen LogP contribution in [0.5, 0.6) is 5.75 Å². The second-order valence-corrected chi connectivity index (χ2v) is 8.38. The molecule has 6 heteroatoms. The van der Waals surface area contributed by atoms with Crippen molar-refractivity contribution in [3.63, 3.8) is 0 Å². The molecule has 0 radical (unpaired) electrons. The molecule has 5 nitrogen and oxygen atoms in total. The Balaban J connectivity index is 1.76. The van der Waals surface area contributed by atoms with E-state index in [2.05, 4.69) is 18.3 Å². The minimum Gasteiger partial charge on any atom is -0.494 e. The molecule has 0 bridgehead atoms. The number of hydrogen-bond acceptors (Lipinski definition) is 5. The van der Waals surface area contributed by atoms with Crippen molar-refractivity contribution < 1.29 is 19.1 Å². The third-order valence-corrected chi connectivity index (χ3v) is 6.11. The number of thiophene rings is 1. The summed E-state index contributed by atoms with van der Waals surface area (Å²) in [6, 6.07) is 13.8. The number of anilines is 1. The molecule has 2 aromatic carbocycles. The molecule has 0 aliphatic rings. The van der Waals surface area contributed by atoms with Gasteiger partial charge in [0.05, 0.1) is 13.2 Å². The quantitative estimate of drug-likeness (QED) is 0.395. The van der Waals surface area contributed by atoms with Gasteiger partial charge in [-0.05, 0) is 68.5 Å². The van der Waals surface area contributed by atoms with Gasteiger partial charge in [0.1, 0.15) is 16.3 Å². The zero-order valence-corrected chi connectivity index (χ0v) is 19.8. The van der Waals surface area contributed by atoms with Crippen molar-refractivity contribution in [3.05, 3.63) is 70.1 Å². The maximum Gasteiger partial charge on any atom is 0.341 e. The Hall–Kier alpha value is -3.12. The van der Waals surface area contributed by atoms with E-state index in [1.54, 1.807) is 6.92 Å². The molecule has 0 atom stereocenters. The van der Waals surface area contributed by atoms with Crippen LogP contribution < -0.4 is 10.1 Å². The number of amides is 1. The van der Waals surface area contributed by atoms with Crippen molar-refractivity contribution in [2.75, 3.05) is 18.5 Å². The summed E-state index contributed by atoms with van der Waals surface area (Å²) in [5, 5.41) is 5.34. The number of ether oxygens (including phenoxy) is 2. The molecule has 0 aliphatic carbocycles. The maximum atomic E-state index is 12.7. The molecule has 0 fully saturated rings. The number of hydrogen-bond donors (Lipinski definition) is 1. The van der Waals surface area contributed by atoms with Gasteiger partial charge in [-0.2, -0.15) is 0 Å². The Morgan fingerprint density at radius 2 is 1.72 bits per heavy atom. The Morgan fingerprint density at radius 1 is 0.969 bits per heavy atom. The lowest BCUT2D eigenvalue weighted by Crippen LogP contribution is -2.15. The van der Waals surface area contributed by atoms with Gasteiger partial charge in [-0.3, -0.25) is 4.79 Å². The van der Waals surface area contributed by atoms with Crippen molar-refractivity contribution in [1.82, 2.24) is 0 Å². The lowest BCUT2D eigenvalue weighted by Gasteiger charge is -2.10. The predicted octanol–water partition coefficient (Wildman–Crippen LogP) is 6.18. The van der Waals surface area contributed by atoms with Gasteiger partial charge in [-0.15, -0.1) is 11.3 Å². The highest BCUT2D eigenvalue weighted by atomic mass is 32.1. The number of carbonyl (C=O) groups is 2. The molecule has 1 amide bonds. The molecule has 0 unspecified atom stereocenters. The highest BCUT2D eigenvalue weighted by Crippen LogP contribution is 2.37. The summed E-state index contributed by atoms with van der Waals surface area (Å²) in [5.41, 5.74) is 5.50. The fourth-order valence-corrected chi connectivity index (χ4v) is 4.32. The number of benzene rings is 2. The molecular weight excluding hydrogens is 422 g/mol. The molecule has 0 aliphatic heterocycles. The van der Waals surface area contributed by atoms with Gasteiger partial charge in [0, 0.05) is 17.4 Å². The molecule has 168 valence electrons. The van der Waals surface area contributed by atoms with E-state index in [1.165, 1.54) is 16.9 Å². The smallest absolute Gasteiger partial charge is 0.341 e. The van der Waals surface area contributed by atoms with Gasteiger partial charge in [-0.1, -0.05) is 30.3 Å². The summed E-state index contributed by atoms with van der Waals surface area (Å²) in [4.78, 5) is 25.4. The first-order valence-electron chi connectivity index (χ1n) is 10.8. The van der Waals surface area contributed by atoms with E-state index in [4.69, 9.17) is 9.47 Å². The summed E-state index contributed by atoms with van der Waals surface area (Å²) < 4.78 is 10.7. The minimum absolute atomic E-state index is 0.141. The third-order valence-electron chi connectivity index (χ3n) is 5.22. The largest absolute Gasteiger partial charge is 0.494 e. The number of carbonyl (C=O) groups excluding carboxylic acids is 2. The van der Waals surface area contributed by atoms with Crippen molar-refractivity contribution >= 4 is 28.2 Å². The number of nitrogens with one attached hydrogen (secondary N) is 1. The van der Waals surface area contributed by atoms with Crippen LogP contribution in [-0.2, 0) is 16.0 Å². The van der Waals surface area contributed by atoms with Crippen LogP contribution in [0, 0.1) is 13.8 Å². The molecule has 0 saturated carbocycles. The van der Waals surface area contributed by atoms with Gasteiger partial charge in [0.2, 0.25) is 5.91 Å². The van der Waals surface area contributed by atoms with Crippen LogP contribution >= 0.6 is 11.3 Å². The Morgan fingerprint density at radius 3 is 2.38 bits per heavy atom. The monoisotopic (exact) mass is 451 g/mol. The topological polar surface area (TPSA) is 64.6 Å². The first kappa shape index (κ1) is 23.5. The van der Waals surface area contributed by atoms with E-state index >= 15 is 0 Å². The molecule has 1 heterocycles. The molecule has 1 N–H and O–H groups in total. The SMILES string of the molecule is CCOC(=O)c1c(-c2ccc(C)c(C)c2)csc1NC(=O)CCc1ccc(OCC)cc1. The minimum atomic E-state index is -0.427. The van der Waals surface area contributed by atoms with Crippen LogP contribution in [0.2, 0.25) is 0 Å². The number of rotatable bonds is 9. The highest BCUT2D eigenvalue weighted by molar-refractivity contribution is 7.15. The van der Waals surface area contributed by atoms with E-state index in [0.29, 0.717) is 30.0 Å². The van der Waals surface area contributed by atoms with Crippen LogP contribution in [0.4, 0.5) is 5.00 Å². The van der Waals surface area contributed by atoms with Crippen molar-refractivity contribution in [3.8, 4) is 16.9 Å². The Kier molecular flexibility index (Phi) is 8.06. The lowest BCUT2D eigenvalue weighted by atomic mass is 9.99. The number of aryl methyl sites for hydroxylation is 3. The van der Waals surface area contributed by atoms with Gasteiger partial charge in [0.15, 0.2) is 0 Å². The third kappa shape index (κ3) is 5.77. The van der Waals surface area contributed by atoms with Crippen molar-refractivity contribution in [1.29, 1.82) is 0 Å². The average molecular weight is 452 g/mol. The fourth-order valence-electron chi connectivity index (χ4n) is 3.34. The summed E-state index contributed by atoms with van der Waals surface area (Å²) in [6.45, 7) is 8.70. The van der Waals surface area contributed by atoms with E-state index < -0.39 is 5.97 Å². The van der Waals surface area contributed by atoms with Gasteiger partial charge >= 0.3 is 5.97 Å². The molecule has 0 saturated heterocycles. The van der Waals surface area contributed by atoms with Crippen LogP contribution in [0.25, 0.3) is 11.1 Å². The summed E-state index contributed by atoms with van der Waals surface area (Å²) in [6.07, 6.45) is 0.912. The first-order chi connectivity index (χ1) is 15.4. The first-order valence-corrected chi connectivity index (χ1v) is 11.7. The van der Waals surface area contributed by atoms with Gasteiger partial charge in [0.25, 0.3) is 0 Å². The fraction of sp³-hybridized carbons (Fsp3) is 0.308. The van der Waals surface area contributed by atoms with Crippen LogP contribution in [-0.4, -0.2) is 25.1 Å². The predicted molar refractivity (Wildman–Crippen MR) is 130 cm³/mol. The summed E-state index contributed by atoms with van der Waals surface area (Å²) >= 11 is 1.34. The lowest BCUT2D eigenvalue weighted by molar-refractivity contribution is -0.116. The molecule has 0 spiro atoms. The summed E-state index contributed by atoms with van der Waals surface area (Å²) in [5.74, 6) is 0.249. The Labute approximate surface area is 193 Å². The second kappa shape index (κ2) is 11.0. The van der Waals surface area contributed by atoms with Gasteiger partial charge in [-0.25, -0.2) is 4.79 Å². The van der Waals surface area contributed by atoms with E-state index in [-0.39, 0.29) is 12.5 Å². The van der Waals surface area contributed by atoms with Crippen LogP contribution in [0.3, 0.4) is 0 Å². The zero-order chi connectivity index (χ0) is 23.1.